The number of hydrogen-bond donors (Lipinski definition) is 1. The van der Waals surface area contributed by atoms with Gasteiger partial charge in [-0.1, -0.05) is 12.1 Å². The van der Waals surface area contributed by atoms with Gasteiger partial charge in [-0.25, -0.2) is 0 Å². The number of fused-ring (bicyclic) bond motifs is 2. The number of H-pyrrole nitrogens is 1. The van der Waals surface area contributed by atoms with Crippen LogP contribution in [0.3, 0.4) is 0 Å². The normalized spacial score (nSPS) is 16.2. The average Bonchev–Trinajstić information content (AvgIpc) is 3.34. The van der Waals surface area contributed by atoms with Crippen molar-refractivity contribution < 1.29 is 14.0 Å². The van der Waals surface area contributed by atoms with E-state index in [1.807, 2.05) is 12.1 Å². The van der Waals surface area contributed by atoms with Gasteiger partial charge in [-0.15, -0.1) is 0 Å². The number of ketones is 2. The minimum atomic E-state index is -0.206. The zero-order chi connectivity index (χ0) is 22.4. The van der Waals surface area contributed by atoms with Gasteiger partial charge in [0.25, 0.3) is 0 Å². The van der Waals surface area contributed by atoms with Crippen LogP contribution in [-0.2, 0) is 13.1 Å². The average molecular weight is 441 g/mol. The van der Waals surface area contributed by atoms with Gasteiger partial charge in [0.05, 0.1) is 24.9 Å². The Bertz CT molecular complexity index is 1310. The molecule has 166 valence electrons. The monoisotopic (exact) mass is 441 g/mol. The summed E-state index contributed by atoms with van der Waals surface area (Å²) in [4.78, 5) is 34.4. The molecule has 0 radical (unpaired) electrons. The molecule has 0 saturated carbocycles. The SMILES string of the molecule is O=C1c2cccnc2C(=O)c2c1[nH]n2Cc1ccc(N2CCN(Cc3ccco3)CC2)cc1. The predicted molar refractivity (Wildman–Crippen MR) is 122 cm³/mol. The van der Waals surface area contributed by atoms with Gasteiger partial charge in [-0.3, -0.25) is 29.3 Å². The zero-order valence-corrected chi connectivity index (χ0v) is 18.0. The number of carbonyl (C=O) groups is 2. The molecule has 3 aromatic heterocycles. The fourth-order valence-electron chi connectivity index (χ4n) is 4.64. The van der Waals surface area contributed by atoms with E-state index < -0.39 is 0 Å². The first-order chi connectivity index (χ1) is 16.2. The third kappa shape index (κ3) is 3.48. The lowest BCUT2D eigenvalue weighted by atomic mass is 9.93. The van der Waals surface area contributed by atoms with Gasteiger partial charge in [0.2, 0.25) is 11.6 Å². The van der Waals surface area contributed by atoms with Crippen LogP contribution in [0.4, 0.5) is 5.69 Å². The van der Waals surface area contributed by atoms with E-state index in [1.165, 1.54) is 5.69 Å². The Kier molecular flexibility index (Phi) is 4.73. The molecule has 1 N–H and O–H groups in total. The van der Waals surface area contributed by atoms with E-state index >= 15 is 0 Å². The van der Waals surface area contributed by atoms with Crippen LogP contribution in [0.15, 0.2) is 65.4 Å². The lowest BCUT2D eigenvalue weighted by Gasteiger charge is -2.35. The maximum Gasteiger partial charge on any atom is 0.232 e. The van der Waals surface area contributed by atoms with Crippen molar-refractivity contribution in [1.82, 2.24) is 19.7 Å². The van der Waals surface area contributed by atoms with Gasteiger partial charge in [0.1, 0.15) is 22.8 Å². The lowest BCUT2D eigenvalue weighted by Crippen LogP contribution is -2.45. The van der Waals surface area contributed by atoms with Crippen LogP contribution in [0.25, 0.3) is 0 Å². The van der Waals surface area contributed by atoms with Gasteiger partial charge >= 0.3 is 0 Å². The number of carbonyl (C=O) groups excluding carboxylic acids is 2. The van der Waals surface area contributed by atoms with Crippen molar-refractivity contribution >= 4 is 17.3 Å². The van der Waals surface area contributed by atoms with Gasteiger partial charge in [-0.2, -0.15) is 0 Å². The molecular weight excluding hydrogens is 418 g/mol. The summed E-state index contributed by atoms with van der Waals surface area (Å²) in [5.74, 6) is 0.622. The Morgan fingerprint density at radius 3 is 2.48 bits per heavy atom. The molecule has 0 atom stereocenters. The minimum Gasteiger partial charge on any atom is -0.468 e. The zero-order valence-electron chi connectivity index (χ0n) is 18.0. The second-order valence-electron chi connectivity index (χ2n) is 8.49. The third-order valence-corrected chi connectivity index (χ3v) is 6.44. The Labute approximate surface area is 190 Å². The number of rotatable bonds is 5. The number of benzene rings is 1. The molecule has 4 heterocycles. The summed E-state index contributed by atoms with van der Waals surface area (Å²) in [5, 5.41) is 3.04. The number of furan rings is 1. The highest BCUT2D eigenvalue weighted by atomic mass is 16.3. The number of nitrogens with zero attached hydrogens (tertiary/aromatic N) is 4. The topological polar surface area (TPSA) is 87.4 Å². The maximum absolute atomic E-state index is 12.8. The third-order valence-electron chi connectivity index (χ3n) is 6.44. The Morgan fingerprint density at radius 1 is 0.909 bits per heavy atom. The molecule has 8 heteroatoms. The highest BCUT2D eigenvalue weighted by Gasteiger charge is 2.36. The fraction of sp³-hybridized carbons (Fsp3) is 0.240. The molecule has 0 spiro atoms. The standard InChI is InChI=1S/C25H23N5O3/c31-24-20-4-1-9-26-21(20)25(32)23-22(24)27-30(23)15-17-5-7-18(8-6-17)29-12-10-28(11-13-29)16-19-3-2-14-33-19/h1-9,14,27H,10-13,15-16H2. The molecule has 1 aliphatic carbocycles. The number of aromatic amines is 1. The van der Waals surface area contributed by atoms with Gasteiger partial charge in [0, 0.05) is 38.1 Å². The molecule has 1 fully saturated rings. The number of hydrogen-bond acceptors (Lipinski definition) is 6. The van der Waals surface area contributed by atoms with Gasteiger partial charge < -0.3 is 9.32 Å². The maximum atomic E-state index is 12.8. The summed E-state index contributed by atoms with van der Waals surface area (Å²) < 4.78 is 7.19. The molecule has 2 aliphatic rings. The Balaban J connectivity index is 1.11. The van der Waals surface area contributed by atoms with E-state index in [1.54, 1.807) is 29.3 Å². The first kappa shape index (κ1) is 19.8. The lowest BCUT2D eigenvalue weighted by molar-refractivity contribution is 0.0948. The van der Waals surface area contributed by atoms with Crippen molar-refractivity contribution in [3.8, 4) is 0 Å². The fourth-order valence-corrected chi connectivity index (χ4v) is 4.64. The van der Waals surface area contributed by atoms with Crippen LogP contribution in [0.2, 0.25) is 0 Å². The molecule has 0 bridgehead atoms. The quantitative estimate of drug-likeness (QED) is 0.451. The summed E-state index contributed by atoms with van der Waals surface area (Å²) in [6.45, 7) is 5.25. The summed E-state index contributed by atoms with van der Waals surface area (Å²) in [7, 11) is 0. The van der Waals surface area contributed by atoms with Gasteiger partial charge in [0.15, 0.2) is 0 Å². The molecule has 1 aromatic carbocycles. The minimum absolute atomic E-state index is 0.175. The second-order valence-corrected chi connectivity index (χ2v) is 8.49. The van der Waals surface area contributed by atoms with Crippen molar-refractivity contribution in [2.75, 3.05) is 31.1 Å². The van der Waals surface area contributed by atoms with Crippen LogP contribution >= 0.6 is 0 Å². The van der Waals surface area contributed by atoms with Crippen LogP contribution < -0.4 is 4.90 Å². The number of piperazine rings is 1. The molecule has 8 nitrogen and oxygen atoms in total. The molecule has 1 aliphatic heterocycles. The smallest absolute Gasteiger partial charge is 0.232 e. The number of pyridine rings is 1. The highest BCUT2D eigenvalue weighted by Crippen LogP contribution is 2.27. The Hall–Kier alpha value is -3.91. The first-order valence-corrected chi connectivity index (χ1v) is 11.1. The van der Waals surface area contributed by atoms with E-state index in [4.69, 9.17) is 4.42 Å². The van der Waals surface area contributed by atoms with Crippen LogP contribution in [-0.4, -0.2) is 57.4 Å². The van der Waals surface area contributed by atoms with E-state index in [-0.39, 0.29) is 17.3 Å². The predicted octanol–water partition coefficient (Wildman–Crippen LogP) is 2.95. The van der Waals surface area contributed by atoms with E-state index in [2.05, 4.69) is 44.1 Å². The number of nitrogens with one attached hydrogen (secondary N) is 1. The largest absolute Gasteiger partial charge is 0.468 e. The van der Waals surface area contributed by atoms with Crippen molar-refractivity contribution in [2.24, 2.45) is 0 Å². The summed E-state index contributed by atoms with van der Waals surface area (Å²) >= 11 is 0. The molecule has 33 heavy (non-hydrogen) atoms. The number of aromatic nitrogens is 3. The molecule has 1 saturated heterocycles. The molecule has 4 aromatic rings. The van der Waals surface area contributed by atoms with Crippen LogP contribution in [0.5, 0.6) is 0 Å². The van der Waals surface area contributed by atoms with E-state index in [9.17, 15) is 9.59 Å². The van der Waals surface area contributed by atoms with Crippen molar-refractivity contribution in [2.45, 2.75) is 13.1 Å². The number of anilines is 1. The second kappa shape index (κ2) is 7.90. The first-order valence-electron chi connectivity index (χ1n) is 11.1. The van der Waals surface area contributed by atoms with Crippen LogP contribution in [0, 0.1) is 0 Å². The molecular formula is C25H23N5O3. The molecule has 0 unspecified atom stereocenters. The van der Waals surface area contributed by atoms with Crippen molar-refractivity contribution in [3.05, 3.63) is 95.0 Å². The van der Waals surface area contributed by atoms with Crippen LogP contribution in [0.1, 0.15) is 43.6 Å². The summed E-state index contributed by atoms with van der Waals surface area (Å²) in [6, 6.07) is 15.7. The van der Waals surface area contributed by atoms with E-state index in [0.29, 0.717) is 23.5 Å². The summed E-state index contributed by atoms with van der Waals surface area (Å²) in [5.41, 5.74) is 3.61. The van der Waals surface area contributed by atoms with E-state index in [0.717, 1.165) is 44.0 Å². The molecule has 6 rings (SSSR count). The van der Waals surface area contributed by atoms with Crippen molar-refractivity contribution in [3.63, 3.8) is 0 Å². The Morgan fingerprint density at radius 2 is 1.73 bits per heavy atom. The summed E-state index contributed by atoms with van der Waals surface area (Å²) in [6.07, 6.45) is 3.26. The highest BCUT2D eigenvalue weighted by molar-refractivity contribution is 6.26. The van der Waals surface area contributed by atoms with Crippen molar-refractivity contribution in [1.29, 1.82) is 0 Å². The van der Waals surface area contributed by atoms with Gasteiger partial charge in [-0.05, 0) is 42.0 Å². The molecule has 0 amide bonds.